The zero-order valence-corrected chi connectivity index (χ0v) is 17.2. The summed E-state index contributed by atoms with van der Waals surface area (Å²) in [6.45, 7) is -0.0967. The number of Topliss-reactive ketones (excluding diaryl/α,β-unsaturated/α-hetero) is 1. The first-order chi connectivity index (χ1) is 13.9. The molecular weight excluding hydrogens is 435 g/mol. The third-order valence-corrected chi connectivity index (χ3v) is 7.36. The molecule has 1 aliphatic rings. The van der Waals surface area contributed by atoms with Crippen LogP contribution in [0, 0.1) is 5.82 Å². The van der Waals surface area contributed by atoms with Gasteiger partial charge in [0, 0.05) is 6.20 Å². The molecule has 3 aromatic rings. The van der Waals surface area contributed by atoms with Crippen LogP contribution in [0.3, 0.4) is 0 Å². The van der Waals surface area contributed by atoms with Crippen molar-refractivity contribution in [1.29, 1.82) is 0 Å². The molecule has 29 heavy (non-hydrogen) atoms. The summed E-state index contributed by atoms with van der Waals surface area (Å²) < 4.78 is 41.2. The van der Waals surface area contributed by atoms with Gasteiger partial charge in [0.25, 0.3) is 10.0 Å². The first-order valence-electron chi connectivity index (χ1n) is 8.48. The van der Waals surface area contributed by atoms with Crippen LogP contribution in [0.25, 0.3) is 0 Å². The maximum Gasteiger partial charge on any atom is 0.270 e. The average molecular weight is 449 g/mol. The molecule has 0 fully saturated rings. The van der Waals surface area contributed by atoms with Gasteiger partial charge in [-0.05, 0) is 41.3 Å². The zero-order valence-electron chi connectivity index (χ0n) is 14.8. The lowest BCUT2D eigenvalue weighted by Gasteiger charge is -2.29. The van der Waals surface area contributed by atoms with E-state index >= 15 is 0 Å². The smallest absolute Gasteiger partial charge is 0.270 e. The fourth-order valence-electron chi connectivity index (χ4n) is 2.98. The van der Waals surface area contributed by atoms with Crippen LogP contribution in [0.1, 0.15) is 15.2 Å². The number of ketones is 1. The fourth-order valence-corrected chi connectivity index (χ4v) is 5.65. The zero-order chi connectivity index (χ0) is 20.6. The Hall–Kier alpha value is -2.68. The third kappa shape index (κ3) is 3.66. The van der Waals surface area contributed by atoms with Gasteiger partial charge in [-0.15, -0.1) is 11.3 Å². The van der Waals surface area contributed by atoms with Crippen molar-refractivity contribution in [3.05, 3.63) is 92.4 Å². The quantitative estimate of drug-likeness (QED) is 0.568. The molecule has 1 aromatic heterocycles. The molecule has 0 bridgehead atoms. The molecule has 148 valence electrons. The molecule has 0 unspecified atom stereocenters. The minimum Gasteiger partial charge on any atom is -0.359 e. The molecule has 0 atom stereocenters. The van der Waals surface area contributed by atoms with Crippen LogP contribution in [0.5, 0.6) is 0 Å². The first kappa shape index (κ1) is 19.6. The number of sulfonamides is 1. The number of rotatable bonds is 4. The Labute approximate surface area is 176 Å². The summed E-state index contributed by atoms with van der Waals surface area (Å²) in [5, 5.41) is 4.85. The maximum absolute atomic E-state index is 13.6. The lowest BCUT2D eigenvalue weighted by atomic mass is 10.2. The van der Waals surface area contributed by atoms with E-state index in [1.165, 1.54) is 18.2 Å². The van der Waals surface area contributed by atoms with Gasteiger partial charge < -0.3 is 5.32 Å². The molecule has 0 spiro atoms. The van der Waals surface area contributed by atoms with E-state index < -0.39 is 26.5 Å². The Bertz CT molecular complexity index is 1240. The van der Waals surface area contributed by atoms with Crippen molar-refractivity contribution in [3.8, 4) is 0 Å². The van der Waals surface area contributed by atoms with Gasteiger partial charge in [0.2, 0.25) is 5.78 Å². The molecule has 4 rings (SSSR count). The highest BCUT2D eigenvalue weighted by Crippen LogP contribution is 2.39. The third-order valence-electron chi connectivity index (χ3n) is 4.36. The second-order valence-corrected chi connectivity index (χ2v) is 9.39. The molecule has 0 radical (unpaired) electrons. The van der Waals surface area contributed by atoms with Crippen LogP contribution in [0.2, 0.25) is 5.02 Å². The van der Waals surface area contributed by atoms with E-state index in [0.717, 1.165) is 21.8 Å². The number of fused-ring (bicyclic) bond motifs is 1. The summed E-state index contributed by atoms with van der Waals surface area (Å²) in [6, 6.07) is 14.1. The van der Waals surface area contributed by atoms with E-state index in [1.807, 2.05) is 0 Å². The summed E-state index contributed by atoms with van der Waals surface area (Å²) in [6.07, 6.45) is 1.15. The minimum absolute atomic E-state index is 0.0967. The Morgan fingerprint density at radius 1 is 1.14 bits per heavy atom. The maximum atomic E-state index is 13.6. The van der Waals surface area contributed by atoms with Crippen molar-refractivity contribution < 1.29 is 17.6 Å². The summed E-state index contributed by atoms with van der Waals surface area (Å²) in [5.41, 5.74) is 1.23. The number of hydrogen-bond donors (Lipinski definition) is 1. The monoisotopic (exact) mass is 448 g/mol. The van der Waals surface area contributed by atoms with Gasteiger partial charge >= 0.3 is 0 Å². The predicted octanol–water partition coefficient (Wildman–Crippen LogP) is 5.03. The normalized spacial score (nSPS) is 16.7. The number of anilines is 2. The number of halogens is 2. The fraction of sp³-hybridized carbons (Fsp3) is 0.0500. The number of allylic oxidation sites excluding steroid dienone is 1. The predicted molar refractivity (Wildman–Crippen MR) is 113 cm³/mol. The first-order valence-corrected chi connectivity index (χ1v) is 11.2. The van der Waals surface area contributed by atoms with Crippen molar-refractivity contribution in [2.24, 2.45) is 0 Å². The highest BCUT2D eigenvalue weighted by atomic mass is 35.5. The van der Waals surface area contributed by atoms with E-state index in [1.54, 1.807) is 41.8 Å². The number of carbonyl (C=O) groups excluding carboxylic acids is 1. The number of benzene rings is 2. The second-order valence-electron chi connectivity index (χ2n) is 6.24. The van der Waals surface area contributed by atoms with Gasteiger partial charge in [-0.3, -0.25) is 9.10 Å². The lowest BCUT2D eigenvalue weighted by molar-refractivity contribution is 0.104. The number of para-hydroxylation sites is 1. The van der Waals surface area contributed by atoms with Crippen LogP contribution in [-0.4, -0.2) is 14.2 Å². The van der Waals surface area contributed by atoms with Crippen LogP contribution >= 0.6 is 22.9 Å². The molecule has 0 amide bonds. The molecular formula is C20H14ClFN2O3S2. The van der Waals surface area contributed by atoms with Crippen LogP contribution in [0.15, 0.2) is 71.1 Å². The van der Waals surface area contributed by atoms with Crippen LogP contribution in [-0.2, 0) is 16.6 Å². The Morgan fingerprint density at radius 3 is 2.69 bits per heavy atom. The number of thiophene rings is 1. The van der Waals surface area contributed by atoms with Gasteiger partial charge in [0.05, 0.1) is 22.9 Å². The van der Waals surface area contributed by atoms with Crippen LogP contribution < -0.4 is 9.62 Å². The topological polar surface area (TPSA) is 66.5 Å². The Morgan fingerprint density at radius 2 is 1.93 bits per heavy atom. The summed E-state index contributed by atoms with van der Waals surface area (Å²) in [7, 11) is -4.17. The average Bonchev–Trinajstić information content (AvgIpc) is 3.16. The van der Waals surface area contributed by atoms with E-state index in [2.05, 4.69) is 5.32 Å². The summed E-state index contributed by atoms with van der Waals surface area (Å²) in [4.78, 5) is 12.8. The SMILES string of the molecule is O=C1C(=CNc2ccccc2Cl)S(=O)(=O)N(Cc2cccc(F)c2)c2ccsc21. The molecule has 1 N–H and O–H groups in total. The number of hydrogen-bond acceptors (Lipinski definition) is 5. The summed E-state index contributed by atoms with van der Waals surface area (Å²) in [5.74, 6) is -1.06. The number of nitrogens with zero attached hydrogens (tertiary/aromatic N) is 1. The Balaban J connectivity index is 1.77. The van der Waals surface area contributed by atoms with Crippen molar-refractivity contribution in [2.75, 3.05) is 9.62 Å². The van der Waals surface area contributed by atoms with E-state index in [0.29, 0.717) is 26.8 Å². The second kappa shape index (κ2) is 7.62. The molecule has 0 saturated heterocycles. The Kier molecular flexibility index (Phi) is 5.16. The van der Waals surface area contributed by atoms with Gasteiger partial charge in [-0.1, -0.05) is 35.9 Å². The summed E-state index contributed by atoms with van der Waals surface area (Å²) >= 11 is 7.25. The van der Waals surface area contributed by atoms with Crippen molar-refractivity contribution in [1.82, 2.24) is 0 Å². The van der Waals surface area contributed by atoms with E-state index in [-0.39, 0.29) is 6.54 Å². The van der Waals surface area contributed by atoms with Gasteiger partial charge in [-0.25, -0.2) is 12.8 Å². The van der Waals surface area contributed by atoms with E-state index in [9.17, 15) is 17.6 Å². The highest BCUT2D eigenvalue weighted by Gasteiger charge is 2.41. The van der Waals surface area contributed by atoms with Gasteiger partial charge in [0.1, 0.15) is 10.7 Å². The molecule has 1 aliphatic heterocycles. The van der Waals surface area contributed by atoms with Crippen molar-refractivity contribution in [3.63, 3.8) is 0 Å². The molecule has 2 aromatic carbocycles. The van der Waals surface area contributed by atoms with Gasteiger partial charge in [0.15, 0.2) is 4.91 Å². The molecule has 5 nitrogen and oxygen atoms in total. The molecule has 0 aliphatic carbocycles. The molecule has 0 saturated carbocycles. The highest BCUT2D eigenvalue weighted by molar-refractivity contribution is 7.97. The lowest BCUT2D eigenvalue weighted by Crippen LogP contribution is -2.38. The van der Waals surface area contributed by atoms with Gasteiger partial charge in [-0.2, -0.15) is 0 Å². The minimum atomic E-state index is -4.17. The van der Waals surface area contributed by atoms with E-state index in [4.69, 9.17) is 11.6 Å². The van der Waals surface area contributed by atoms with Crippen molar-refractivity contribution >= 4 is 50.1 Å². The molecule has 9 heteroatoms. The standard InChI is InChI=1S/C20H14ClFN2O3S2/c21-15-6-1-2-7-16(15)23-11-18-19(25)20-17(8-9-28-20)24(29(18,26)27)12-13-4-3-5-14(22)10-13/h1-11,23H,12H2. The van der Waals surface area contributed by atoms with Crippen molar-refractivity contribution in [2.45, 2.75) is 6.54 Å². The molecule has 2 heterocycles. The van der Waals surface area contributed by atoms with Crippen LogP contribution in [0.4, 0.5) is 15.8 Å². The largest absolute Gasteiger partial charge is 0.359 e. The number of carbonyl (C=O) groups is 1. The number of nitrogens with one attached hydrogen (secondary N) is 1.